The van der Waals surface area contributed by atoms with Crippen LogP contribution in [0.4, 0.5) is 17.6 Å². The highest BCUT2D eigenvalue weighted by atomic mass is 16.5. The number of rotatable bonds is 5. The molecule has 0 bridgehead atoms. The molecular weight excluding hydrogens is 302 g/mol. The van der Waals surface area contributed by atoms with Crippen molar-refractivity contribution in [3.63, 3.8) is 0 Å². The molecular formula is C18H25N5O. The van der Waals surface area contributed by atoms with Crippen molar-refractivity contribution >= 4 is 17.6 Å². The number of nitrogens with one attached hydrogen (secondary N) is 1. The number of methoxy groups -OCH3 is 1. The Kier molecular flexibility index (Phi) is 5.03. The molecule has 2 aromatic rings. The van der Waals surface area contributed by atoms with Gasteiger partial charge in [0.2, 0.25) is 5.95 Å². The molecule has 3 rings (SSSR count). The van der Waals surface area contributed by atoms with Crippen LogP contribution in [0.5, 0.6) is 5.75 Å². The summed E-state index contributed by atoms with van der Waals surface area (Å²) in [6.45, 7) is 0.986. The Morgan fingerprint density at radius 1 is 1.29 bits per heavy atom. The summed E-state index contributed by atoms with van der Waals surface area (Å²) in [6.07, 6.45) is 4.47. The summed E-state index contributed by atoms with van der Waals surface area (Å²) >= 11 is 0. The number of piperidine rings is 1. The number of para-hydroxylation sites is 1. The smallest absolute Gasteiger partial charge is 0.223 e. The molecule has 0 radical (unpaired) electrons. The number of nitrogen functional groups attached to an aromatic ring is 1. The molecule has 0 aliphatic carbocycles. The molecule has 1 saturated heterocycles. The molecule has 0 saturated carbocycles. The van der Waals surface area contributed by atoms with Crippen LogP contribution in [0.3, 0.4) is 0 Å². The molecule has 0 spiro atoms. The van der Waals surface area contributed by atoms with Gasteiger partial charge in [0.25, 0.3) is 0 Å². The third kappa shape index (κ3) is 3.53. The maximum absolute atomic E-state index is 5.88. The molecule has 1 aliphatic heterocycles. The standard InChI is InChI=1S/C18H25N5O/c1-20-16-12-17(22-18(19)21-16)23-10-6-5-8-14(23)11-13-7-3-4-9-15(13)24-2/h3-4,7,9,12,14H,5-6,8,10-11H2,1-2H3,(H3,19,20,21,22)/t14-/m1/s1. The molecule has 128 valence electrons. The van der Waals surface area contributed by atoms with Gasteiger partial charge < -0.3 is 20.7 Å². The van der Waals surface area contributed by atoms with E-state index in [-0.39, 0.29) is 0 Å². The molecule has 1 atom stereocenters. The van der Waals surface area contributed by atoms with Crippen LogP contribution in [0.1, 0.15) is 24.8 Å². The first-order valence-electron chi connectivity index (χ1n) is 8.42. The van der Waals surface area contributed by atoms with E-state index in [0.717, 1.165) is 36.8 Å². The number of aromatic nitrogens is 2. The lowest BCUT2D eigenvalue weighted by molar-refractivity contribution is 0.400. The van der Waals surface area contributed by atoms with E-state index < -0.39 is 0 Å². The van der Waals surface area contributed by atoms with Crippen LogP contribution in [0, 0.1) is 0 Å². The molecule has 3 N–H and O–H groups in total. The fraction of sp³-hybridized carbons (Fsp3) is 0.444. The second-order valence-electron chi connectivity index (χ2n) is 6.08. The second-order valence-corrected chi connectivity index (χ2v) is 6.08. The first-order chi connectivity index (χ1) is 11.7. The predicted molar refractivity (Wildman–Crippen MR) is 97.7 cm³/mol. The van der Waals surface area contributed by atoms with E-state index in [1.165, 1.54) is 18.4 Å². The quantitative estimate of drug-likeness (QED) is 0.879. The topological polar surface area (TPSA) is 76.3 Å². The zero-order valence-electron chi connectivity index (χ0n) is 14.3. The summed E-state index contributed by atoms with van der Waals surface area (Å²) in [5.41, 5.74) is 7.11. The maximum Gasteiger partial charge on any atom is 0.223 e. The van der Waals surface area contributed by atoms with Gasteiger partial charge in [0.05, 0.1) is 7.11 Å². The van der Waals surface area contributed by atoms with E-state index >= 15 is 0 Å². The van der Waals surface area contributed by atoms with Gasteiger partial charge in [0.1, 0.15) is 17.4 Å². The van der Waals surface area contributed by atoms with E-state index in [4.69, 9.17) is 10.5 Å². The van der Waals surface area contributed by atoms with Crippen molar-refractivity contribution in [1.82, 2.24) is 9.97 Å². The maximum atomic E-state index is 5.88. The van der Waals surface area contributed by atoms with Gasteiger partial charge in [-0.3, -0.25) is 0 Å². The number of nitrogens with zero attached hydrogens (tertiary/aromatic N) is 3. The molecule has 2 heterocycles. The van der Waals surface area contributed by atoms with Gasteiger partial charge in [-0.05, 0) is 37.3 Å². The Balaban J connectivity index is 1.87. The third-order valence-corrected chi connectivity index (χ3v) is 4.56. The summed E-state index contributed by atoms with van der Waals surface area (Å²) in [5.74, 6) is 2.89. The van der Waals surface area contributed by atoms with Gasteiger partial charge in [-0.15, -0.1) is 0 Å². The molecule has 0 unspecified atom stereocenters. The minimum atomic E-state index is 0.304. The van der Waals surface area contributed by atoms with Crippen molar-refractivity contribution in [2.45, 2.75) is 31.7 Å². The average molecular weight is 327 g/mol. The Bertz CT molecular complexity index is 691. The number of anilines is 3. The molecule has 1 aromatic carbocycles. The van der Waals surface area contributed by atoms with Crippen molar-refractivity contribution in [2.75, 3.05) is 36.7 Å². The minimum Gasteiger partial charge on any atom is -0.496 e. The predicted octanol–water partition coefficient (Wildman–Crippen LogP) is 2.71. The minimum absolute atomic E-state index is 0.304. The SMILES string of the molecule is CNc1cc(N2CCCC[C@@H]2Cc2ccccc2OC)nc(N)n1. The first-order valence-corrected chi connectivity index (χ1v) is 8.42. The largest absolute Gasteiger partial charge is 0.496 e. The summed E-state index contributed by atoms with van der Waals surface area (Å²) in [6, 6.07) is 10.6. The summed E-state index contributed by atoms with van der Waals surface area (Å²) < 4.78 is 5.51. The van der Waals surface area contributed by atoms with Crippen molar-refractivity contribution in [1.29, 1.82) is 0 Å². The van der Waals surface area contributed by atoms with Crippen LogP contribution in [0.15, 0.2) is 30.3 Å². The van der Waals surface area contributed by atoms with Crippen LogP contribution in [-0.2, 0) is 6.42 Å². The van der Waals surface area contributed by atoms with Crippen LogP contribution in [-0.4, -0.2) is 36.7 Å². The molecule has 1 fully saturated rings. The Morgan fingerprint density at radius 3 is 2.92 bits per heavy atom. The number of benzene rings is 1. The molecule has 6 nitrogen and oxygen atoms in total. The monoisotopic (exact) mass is 327 g/mol. The third-order valence-electron chi connectivity index (χ3n) is 4.56. The van der Waals surface area contributed by atoms with E-state index in [1.54, 1.807) is 7.11 Å². The average Bonchev–Trinajstić information content (AvgIpc) is 2.62. The Labute approximate surface area is 143 Å². The van der Waals surface area contributed by atoms with Crippen molar-refractivity contribution in [2.24, 2.45) is 0 Å². The van der Waals surface area contributed by atoms with Crippen LogP contribution in [0.2, 0.25) is 0 Å². The van der Waals surface area contributed by atoms with Gasteiger partial charge in [-0.2, -0.15) is 9.97 Å². The first kappa shape index (κ1) is 16.4. The van der Waals surface area contributed by atoms with Crippen LogP contribution < -0.4 is 20.7 Å². The van der Waals surface area contributed by atoms with E-state index in [1.807, 2.05) is 25.2 Å². The van der Waals surface area contributed by atoms with Gasteiger partial charge in [0.15, 0.2) is 0 Å². The second kappa shape index (κ2) is 7.38. The summed E-state index contributed by atoms with van der Waals surface area (Å²) in [5, 5.41) is 3.05. The van der Waals surface area contributed by atoms with Crippen LogP contribution >= 0.6 is 0 Å². The molecule has 6 heteroatoms. The normalized spacial score (nSPS) is 17.6. The van der Waals surface area contributed by atoms with Gasteiger partial charge >= 0.3 is 0 Å². The van der Waals surface area contributed by atoms with Crippen LogP contribution in [0.25, 0.3) is 0 Å². The molecule has 24 heavy (non-hydrogen) atoms. The molecule has 1 aromatic heterocycles. The lowest BCUT2D eigenvalue weighted by atomic mass is 9.95. The number of nitrogens with two attached hydrogens (primary N) is 1. The zero-order valence-corrected chi connectivity index (χ0v) is 14.3. The lowest BCUT2D eigenvalue weighted by Crippen LogP contribution is -2.41. The Morgan fingerprint density at radius 2 is 2.12 bits per heavy atom. The van der Waals surface area contributed by atoms with Crippen molar-refractivity contribution < 1.29 is 4.74 Å². The van der Waals surface area contributed by atoms with Gasteiger partial charge in [-0.25, -0.2) is 0 Å². The zero-order chi connectivity index (χ0) is 16.9. The van der Waals surface area contributed by atoms with E-state index in [2.05, 4.69) is 32.3 Å². The fourth-order valence-electron chi connectivity index (χ4n) is 3.37. The highest BCUT2D eigenvalue weighted by Crippen LogP contribution is 2.29. The van der Waals surface area contributed by atoms with E-state index in [9.17, 15) is 0 Å². The summed E-state index contributed by atoms with van der Waals surface area (Å²) in [4.78, 5) is 11.0. The lowest BCUT2D eigenvalue weighted by Gasteiger charge is -2.37. The number of hydrogen-bond donors (Lipinski definition) is 2. The Hall–Kier alpha value is -2.50. The molecule has 1 aliphatic rings. The van der Waals surface area contributed by atoms with Gasteiger partial charge in [-0.1, -0.05) is 18.2 Å². The highest BCUT2D eigenvalue weighted by Gasteiger charge is 2.25. The summed E-state index contributed by atoms with van der Waals surface area (Å²) in [7, 11) is 3.57. The number of hydrogen-bond acceptors (Lipinski definition) is 6. The van der Waals surface area contributed by atoms with Crippen molar-refractivity contribution in [3.05, 3.63) is 35.9 Å². The van der Waals surface area contributed by atoms with Gasteiger partial charge in [0, 0.05) is 25.7 Å². The number of ether oxygens (including phenoxy) is 1. The van der Waals surface area contributed by atoms with Crippen molar-refractivity contribution in [3.8, 4) is 5.75 Å². The van der Waals surface area contributed by atoms with E-state index in [0.29, 0.717) is 12.0 Å². The molecule has 0 amide bonds. The highest BCUT2D eigenvalue weighted by molar-refractivity contribution is 5.53. The fourth-order valence-corrected chi connectivity index (χ4v) is 3.37.